The van der Waals surface area contributed by atoms with Crippen molar-refractivity contribution >= 4 is 35.2 Å². The summed E-state index contributed by atoms with van der Waals surface area (Å²) in [6, 6.07) is 8.20. The molecule has 0 radical (unpaired) electrons. The van der Waals surface area contributed by atoms with E-state index < -0.39 is 17.8 Å². The fraction of sp³-hybridized carbons (Fsp3) is 0.548. The summed E-state index contributed by atoms with van der Waals surface area (Å²) in [5.41, 5.74) is 0.350. The van der Waals surface area contributed by atoms with Gasteiger partial charge in [0.05, 0.1) is 24.5 Å². The largest absolute Gasteiger partial charge is 0.494 e. The number of nitrogens with one attached hydrogen (secondary N) is 1. The second-order valence-corrected chi connectivity index (χ2v) is 12.8. The number of carbonyl (C=O) groups is 2. The van der Waals surface area contributed by atoms with Gasteiger partial charge in [0.1, 0.15) is 17.2 Å². The number of aliphatic hydroxyl groups is 1. The molecule has 1 saturated heterocycles. The number of fused-ring (bicyclic) bond motifs is 1. The lowest BCUT2D eigenvalue weighted by Crippen LogP contribution is -2.58. The molecule has 12 nitrogen and oxygen atoms in total. The highest BCUT2D eigenvalue weighted by molar-refractivity contribution is 5.97. The first-order valence-electron chi connectivity index (χ1n) is 14.7. The maximum atomic E-state index is 14.0. The van der Waals surface area contributed by atoms with Gasteiger partial charge in [-0.15, -0.1) is 0 Å². The second-order valence-electron chi connectivity index (χ2n) is 12.8. The van der Waals surface area contributed by atoms with Gasteiger partial charge in [-0.1, -0.05) is 20.8 Å². The fourth-order valence-electron chi connectivity index (χ4n) is 5.74. The van der Waals surface area contributed by atoms with Crippen LogP contribution in [0.4, 0.5) is 26.9 Å². The first kappa shape index (κ1) is 31.9. The number of nitrogens with zero attached hydrogens (tertiary/aromatic N) is 5. The quantitative estimate of drug-likeness (QED) is 0.298. The monoisotopic (exact) mass is 596 g/mol. The van der Waals surface area contributed by atoms with Crippen LogP contribution in [0.2, 0.25) is 0 Å². The summed E-state index contributed by atoms with van der Waals surface area (Å²) in [7, 11) is 0. The van der Waals surface area contributed by atoms with Crippen LogP contribution < -0.4 is 15.0 Å². The van der Waals surface area contributed by atoms with E-state index in [4.69, 9.17) is 14.5 Å². The van der Waals surface area contributed by atoms with E-state index in [-0.39, 0.29) is 30.5 Å². The van der Waals surface area contributed by atoms with Crippen LogP contribution in [0.3, 0.4) is 0 Å². The lowest BCUT2D eigenvalue weighted by Gasteiger charge is -2.47. The summed E-state index contributed by atoms with van der Waals surface area (Å²) in [6.07, 6.45) is 1.55. The van der Waals surface area contributed by atoms with E-state index in [0.29, 0.717) is 53.9 Å². The molecule has 0 saturated carbocycles. The lowest BCUT2D eigenvalue weighted by molar-refractivity contribution is 0.0518. The Balaban J connectivity index is 1.92. The number of amides is 2. The van der Waals surface area contributed by atoms with Crippen molar-refractivity contribution in [3.8, 4) is 5.75 Å². The third kappa shape index (κ3) is 7.12. The van der Waals surface area contributed by atoms with Gasteiger partial charge in [-0.3, -0.25) is 0 Å². The number of ether oxygens (including phenoxy) is 2. The number of hydrogen-bond acceptors (Lipinski definition) is 8. The van der Waals surface area contributed by atoms with Crippen molar-refractivity contribution in [2.24, 2.45) is 5.41 Å². The van der Waals surface area contributed by atoms with Crippen LogP contribution in [0.15, 0.2) is 36.5 Å². The predicted octanol–water partition coefficient (Wildman–Crippen LogP) is 5.71. The summed E-state index contributed by atoms with van der Waals surface area (Å²) in [6.45, 7) is 14.1. The molecule has 1 aliphatic rings. The fourth-order valence-corrected chi connectivity index (χ4v) is 5.74. The van der Waals surface area contributed by atoms with Crippen molar-refractivity contribution in [2.75, 3.05) is 30.0 Å². The summed E-state index contributed by atoms with van der Waals surface area (Å²) in [5.74, 6) is 1.46. The van der Waals surface area contributed by atoms with Gasteiger partial charge in [-0.05, 0) is 70.2 Å². The molecule has 2 aromatic heterocycles. The lowest BCUT2D eigenvalue weighted by atomic mass is 9.77. The Labute approximate surface area is 252 Å². The molecule has 1 aromatic carbocycles. The third-order valence-corrected chi connectivity index (χ3v) is 7.25. The molecule has 1 aliphatic heterocycles. The van der Waals surface area contributed by atoms with E-state index in [1.54, 1.807) is 61.8 Å². The topological polar surface area (TPSA) is 142 Å². The van der Waals surface area contributed by atoms with Gasteiger partial charge >= 0.3 is 12.2 Å². The number of aliphatic hydroxyl groups excluding tert-OH is 1. The number of rotatable bonds is 8. The molecule has 3 aromatic rings. The standard InChI is InChI=1S/C31H44N6O6/c1-8-42-21-13-11-20(12-14-21)36(29(41)43-31(5,6)7)27-22(16-19-38)26(34-24-15-17-32-37(24)27)33-23-10-9-18-35(28(39)40)25(23)30(2,3)4/h11-15,17,23,25,38H,8-10,16,18-19H2,1-7H3,(H,33,34)(H,39,40). The molecule has 3 N–H and O–H groups in total. The van der Waals surface area contributed by atoms with Crippen LogP contribution in [0.5, 0.6) is 5.75 Å². The Kier molecular flexibility index (Phi) is 9.38. The number of carboxylic acid groups (broad SMARTS) is 1. The van der Waals surface area contributed by atoms with Crippen molar-refractivity contribution in [1.82, 2.24) is 19.5 Å². The second kappa shape index (κ2) is 12.7. The minimum Gasteiger partial charge on any atom is -0.494 e. The van der Waals surface area contributed by atoms with E-state index in [1.165, 1.54) is 9.80 Å². The zero-order chi connectivity index (χ0) is 31.5. The highest BCUT2D eigenvalue weighted by Crippen LogP contribution is 2.38. The molecular weight excluding hydrogens is 552 g/mol. The first-order valence-corrected chi connectivity index (χ1v) is 14.7. The number of likely N-dealkylation sites (tertiary alicyclic amines) is 1. The van der Waals surface area contributed by atoms with Gasteiger partial charge in [0, 0.05) is 37.2 Å². The molecule has 0 bridgehead atoms. The van der Waals surface area contributed by atoms with Gasteiger partial charge < -0.3 is 29.9 Å². The average molecular weight is 597 g/mol. The summed E-state index contributed by atoms with van der Waals surface area (Å²) in [4.78, 5) is 34.0. The Morgan fingerprint density at radius 1 is 1.12 bits per heavy atom. The number of aromatic nitrogens is 3. The van der Waals surface area contributed by atoms with Crippen LogP contribution in [0, 0.1) is 5.41 Å². The van der Waals surface area contributed by atoms with E-state index >= 15 is 0 Å². The van der Waals surface area contributed by atoms with Crippen LogP contribution in [0.1, 0.15) is 66.9 Å². The number of anilines is 3. The Morgan fingerprint density at radius 3 is 2.40 bits per heavy atom. The number of hydrogen-bond donors (Lipinski definition) is 3. The highest BCUT2D eigenvalue weighted by atomic mass is 16.6. The summed E-state index contributed by atoms with van der Waals surface area (Å²) >= 11 is 0. The summed E-state index contributed by atoms with van der Waals surface area (Å²) in [5, 5.41) is 28.3. The van der Waals surface area contributed by atoms with Crippen LogP contribution in [-0.4, -0.2) is 79.3 Å². The Morgan fingerprint density at radius 2 is 1.81 bits per heavy atom. The molecule has 0 aliphatic carbocycles. The van der Waals surface area contributed by atoms with Gasteiger partial charge in [-0.25, -0.2) is 19.5 Å². The van der Waals surface area contributed by atoms with Gasteiger partial charge in [0.2, 0.25) is 0 Å². The first-order chi connectivity index (χ1) is 20.2. The van der Waals surface area contributed by atoms with Gasteiger partial charge in [-0.2, -0.15) is 9.61 Å². The number of carbonyl (C=O) groups excluding carboxylic acids is 1. The Bertz CT molecular complexity index is 1430. The zero-order valence-corrected chi connectivity index (χ0v) is 26.1. The minimum absolute atomic E-state index is 0.145. The molecule has 43 heavy (non-hydrogen) atoms. The molecule has 4 rings (SSSR count). The molecular formula is C31H44N6O6. The minimum atomic E-state index is -0.964. The van der Waals surface area contributed by atoms with Crippen LogP contribution >= 0.6 is 0 Å². The predicted molar refractivity (Wildman–Crippen MR) is 164 cm³/mol. The summed E-state index contributed by atoms with van der Waals surface area (Å²) < 4.78 is 13.1. The number of benzene rings is 1. The van der Waals surface area contributed by atoms with Crippen LogP contribution in [0.25, 0.3) is 5.65 Å². The van der Waals surface area contributed by atoms with Crippen molar-refractivity contribution in [3.05, 3.63) is 42.1 Å². The van der Waals surface area contributed by atoms with Gasteiger partial charge in [0.25, 0.3) is 0 Å². The molecule has 2 atom stereocenters. The van der Waals surface area contributed by atoms with Crippen molar-refractivity contribution < 1.29 is 29.3 Å². The van der Waals surface area contributed by atoms with Crippen molar-refractivity contribution in [2.45, 2.75) is 85.4 Å². The normalized spacial score (nSPS) is 17.5. The van der Waals surface area contributed by atoms with Crippen molar-refractivity contribution in [1.29, 1.82) is 0 Å². The molecule has 3 heterocycles. The Hall–Kier alpha value is -4.06. The molecule has 234 valence electrons. The molecule has 2 amide bonds. The van der Waals surface area contributed by atoms with Crippen LogP contribution in [-0.2, 0) is 11.2 Å². The molecule has 1 fully saturated rings. The van der Waals surface area contributed by atoms with Gasteiger partial charge in [0.15, 0.2) is 11.5 Å². The molecule has 2 unspecified atom stereocenters. The van der Waals surface area contributed by atoms with E-state index in [9.17, 15) is 19.8 Å². The van der Waals surface area contributed by atoms with Crippen molar-refractivity contribution in [3.63, 3.8) is 0 Å². The van der Waals surface area contributed by atoms with E-state index in [1.807, 2.05) is 27.7 Å². The highest BCUT2D eigenvalue weighted by Gasteiger charge is 2.42. The maximum absolute atomic E-state index is 14.0. The maximum Gasteiger partial charge on any atom is 0.420 e. The molecule has 12 heteroatoms. The number of piperidine rings is 1. The molecule has 0 spiro atoms. The zero-order valence-electron chi connectivity index (χ0n) is 26.1. The van der Waals surface area contributed by atoms with E-state index in [2.05, 4.69) is 10.4 Å². The average Bonchev–Trinajstić information content (AvgIpc) is 3.38. The third-order valence-electron chi connectivity index (χ3n) is 7.25. The SMILES string of the molecule is CCOc1ccc(N(C(=O)OC(C)(C)C)c2c(CCO)c(NC3CCCN(C(=O)O)C3C(C)(C)C)nc3ccnn23)cc1. The smallest absolute Gasteiger partial charge is 0.420 e. The van der Waals surface area contributed by atoms with E-state index in [0.717, 1.165) is 6.42 Å².